The first-order chi connectivity index (χ1) is 16.6. The number of nitrogens with one attached hydrogen (secondary N) is 1. The number of benzene rings is 2. The Morgan fingerprint density at radius 2 is 1.97 bits per heavy atom. The smallest absolute Gasteiger partial charge is 0.325 e. The second-order valence-corrected chi connectivity index (χ2v) is 9.99. The molecule has 0 bridgehead atoms. The van der Waals surface area contributed by atoms with Crippen LogP contribution in [0, 0.1) is 10.1 Å². The van der Waals surface area contributed by atoms with E-state index < -0.39 is 62.6 Å². The number of β-amino-alcohol motifs (C(OH)–C–C–N with tert-alkyl or cyclic N) is 1. The average Bonchev–Trinajstić information content (AvgIpc) is 3.46. The number of aliphatic hydroxyl groups excluding tert-OH is 1. The van der Waals surface area contributed by atoms with Crippen LogP contribution in [0.3, 0.4) is 0 Å². The van der Waals surface area contributed by atoms with Crippen LogP contribution in [0.25, 0.3) is 10.9 Å². The molecule has 2 atom stereocenters. The number of Topliss-reactive ketones (excluding diaryl/α,β-unsaturated/α-hetero) is 1. The Morgan fingerprint density at radius 3 is 2.69 bits per heavy atom. The maximum Gasteiger partial charge on any atom is 0.325 e. The van der Waals surface area contributed by atoms with E-state index >= 15 is 0 Å². The monoisotopic (exact) mass is 501 g/mol. The maximum absolute atomic E-state index is 13.2. The number of H-pyrrole nitrogens is 1. The van der Waals surface area contributed by atoms with Crippen molar-refractivity contribution in [2.75, 3.05) is 13.2 Å². The lowest BCUT2D eigenvalue weighted by Crippen LogP contribution is -2.42. The standard InChI is InChI=1S/C23H23N3O8S/c1-2-14-6-5-7-16-17(11-24-22(14)16)20(28)13-34-23(29)19-10-15(27)12-25(19)35(32,33)21-9-4-3-8-18(21)26(30)31/h3-9,11,15,19,24,27H,2,10,12-13H2,1H3/t15?,19-/m0/s1. The van der Waals surface area contributed by atoms with E-state index in [0.717, 1.165) is 29.6 Å². The van der Waals surface area contributed by atoms with Gasteiger partial charge in [0.1, 0.15) is 6.04 Å². The molecule has 12 heteroatoms. The van der Waals surface area contributed by atoms with Crippen molar-refractivity contribution >= 4 is 38.4 Å². The largest absolute Gasteiger partial charge is 0.456 e. The Kier molecular flexibility index (Phi) is 6.70. The molecule has 1 saturated heterocycles. The topological polar surface area (TPSA) is 160 Å². The summed E-state index contributed by atoms with van der Waals surface area (Å²) in [6, 6.07) is 8.84. The Balaban J connectivity index is 1.53. The van der Waals surface area contributed by atoms with Crippen molar-refractivity contribution in [1.82, 2.24) is 9.29 Å². The SMILES string of the molecule is CCc1cccc2c(C(=O)COC(=O)[C@@H]3CC(O)CN3S(=O)(=O)c3ccccc3[N+](=O)[O-])c[nH]c12. The number of nitrogens with zero attached hydrogens (tertiary/aromatic N) is 2. The van der Waals surface area contributed by atoms with Crippen molar-refractivity contribution in [3.63, 3.8) is 0 Å². The number of ether oxygens (including phenoxy) is 1. The van der Waals surface area contributed by atoms with Crippen LogP contribution in [0.2, 0.25) is 0 Å². The quantitative estimate of drug-likeness (QED) is 0.206. The lowest BCUT2D eigenvalue weighted by atomic mass is 10.1. The highest BCUT2D eigenvalue weighted by atomic mass is 32.2. The number of carbonyl (C=O) groups excluding carboxylic acids is 2. The number of aliphatic hydroxyl groups is 1. The molecule has 35 heavy (non-hydrogen) atoms. The van der Waals surface area contributed by atoms with E-state index in [-0.39, 0.29) is 6.42 Å². The number of sulfonamides is 1. The number of esters is 1. The molecule has 0 radical (unpaired) electrons. The molecule has 184 valence electrons. The van der Waals surface area contributed by atoms with E-state index in [9.17, 15) is 33.2 Å². The number of para-hydroxylation sites is 2. The zero-order valence-corrected chi connectivity index (χ0v) is 19.5. The molecule has 2 N–H and O–H groups in total. The molecule has 11 nitrogen and oxygen atoms in total. The van der Waals surface area contributed by atoms with Crippen LogP contribution < -0.4 is 0 Å². The number of aromatic nitrogens is 1. The molecule has 0 spiro atoms. The zero-order valence-electron chi connectivity index (χ0n) is 18.7. The number of hydrogen-bond donors (Lipinski definition) is 2. The van der Waals surface area contributed by atoms with Gasteiger partial charge in [-0.3, -0.25) is 19.7 Å². The number of rotatable bonds is 8. The average molecular weight is 502 g/mol. The van der Waals surface area contributed by atoms with E-state index in [2.05, 4.69) is 4.98 Å². The Bertz CT molecular complexity index is 1420. The molecular weight excluding hydrogens is 478 g/mol. The summed E-state index contributed by atoms with van der Waals surface area (Å²) < 4.78 is 32.2. The van der Waals surface area contributed by atoms with Gasteiger partial charge in [-0.05, 0) is 18.1 Å². The highest BCUT2D eigenvalue weighted by molar-refractivity contribution is 7.89. The Hall–Kier alpha value is -3.61. The fourth-order valence-corrected chi connectivity index (χ4v) is 6.06. The Labute approximate surface area is 200 Å². The third-order valence-corrected chi connectivity index (χ3v) is 7.90. The number of nitro benzene ring substituents is 1. The molecule has 0 aliphatic carbocycles. The molecule has 1 aliphatic rings. The summed E-state index contributed by atoms with van der Waals surface area (Å²) in [6.07, 6.45) is 0.848. The minimum atomic E-state index is -4.52. The molecule has 0 saturated carbocycles. The van der Waals surface area contributed by atoms with Gasteiger partial charge in [0.15, 0.2) is 11.5 Å². The van der Waals surface area contributed by atoms with Crippen LogP contribution in [0.5, 0.6) is 0 Å². The highest BCUT2D eigenvalue weighted by Crippen LogP contribution is 2.32. The predicted octanol–water partition coefficient (Wildman–Crippen LogP) is 2.19. The number of aromatic amines is 1. The van der Waals surface area contributed by atoms with Gasteiger partial charge in [-0.1, -0.05) is 37.3 Å². The van der Waals surface area contributed by atoms with Crippen molar-refractivity contribution in [2.24, 2.45) is 0 Å². The molecule has 0 amide bonds. The first-order valence-corrected chi connectivity index (χ1v) is 12.3. The molecule has 3 aromatic rings. The summed E-state index contributed by atoms with van der Waals surface area (Å²) in [5.74, 6) is -1.50. The van der Waals surface area contributed by atoms with Crippen molar-refractivity contribution in [3.05, 3.63) is 69.9 Å². The van der Waals surface area contributed by atoms with E-state index in [4.69, 9.17) is 4.74 Å². The summed E-state index contributed by atoms with van der Waals surface area (Å²) in [4.78, 5) is 38.5. The van der Waals surface area contributed by atoms with Crippen molar-refractivity contribution in [3.8, 4) is 0 Å². The second-order valence-electron chi connectivity index (χ2n) is 8.13. The van der Waals surface area contributed by atoms with Crippen LogP contribution in [-0.2, 0) is 26.0 Å². The summed E-state index contributed by atoms with van der Waals surface area (Å²) >= 11 is 0. The normalized spacial score (nSPS) is 18.6. The van der Waals surface area contributed by atoms with Gasteiger partial charge in [0.25, 0.3) is 15.7 Å². The number of nitro groups is 1. The molecule has 1 fully saturated rings. The summed E-state index contributed by atoms with van der Waals surface area (Å²) in [7, 11) is -4.52. The van der Waals surface area contributed by atoms with Gasteiger partial charge in [-0.2, -0.15) is 4.31 Å². The first-order valence-electron chi connectivity index (χ1n) is 10.9. The summed E-state index contributed by atoms with van der Waals surface area (Å²) in [5.41, 5.74) is 1.51. The van der Waals surface area contributed by atoms with Gasteiger partial charge >= 0.3 is 5.97 Å². The van der Waals surface area contributed by atoms with Crippen LogP contribution in [0.1, 0.15) is 29.3 Å². The number of fused-ring (bicyclic) bond motifs is 1. The van der Waals surface area contributed by atoms with Gasteiger partial charge in [0, 0.05) is 41.7 Å². The van der Waals surface area contributed by atoms with E-state index in [1.165, 1.54) is 18.3 Å². The zero-order chi connectivity index (χ0) is 25.3. The number of carbonyl (C=O) groups is 2. The van der Waals surface area contributed by atoms with Crippen LogP contribution in [-0.4, -0.2) is 64.8 Å². The fraction of sp³-hybridized carbons (Fsp3) is 0.304. The molecule has 1 unspecified atom stereocenters. The minimum Gasteiger partial charge on any atom is -0.456 e. The van der Waals surface area contributed by atoms with Crippen LogP contribution >= 0.6 is 0 Å². The van der Waals surface area contributed by atoms with Gasteiger partial charge in [-0.25, -0.2) is 8.42 Å². The van der Waals surface area contributed by atoms with Gasteiger partial charge in [0.2, 0.25) is 5.78 Å². The van der Waals surface area contributed by atoms with E-state index in [1.807, 2.05) is 19.1 Å². The van der Waals surface area contributed by atoms with E-state index in [0.29, 0.717) is 15.3 Å². The fourth-order valence-electron chi connectivity index (χ4n) is 4.27. The molecule has 2 aromatic carbocycles. The second kappa shape index (κ2) is 9.56. The van der Waals surface area contributed by atoms with Crippen molar-refractivity contribution < 1.29 is 32.8 Å². The third kappa shape index (κ3) is 4.55. The van der Waals surface area contributed by atoms with Gasteiger partial charge in [0.05, 0.1) is 11.0 Å². The van der Waals surface area contributed by atoms with Crippen molar-refractivity contribution in [1.29, 1.82) is 0 Å². The highest BCUT2D eigenvalue weighted by Gasteiger charge is 2.46. The van der Waals surface area contributed by atoms with Gasteiger partial charge in [-0.15, -0.1) is 0 Å². The van der Waals surface area contributed by atoms with Crippen LogP contribution in [0.4, 0.5) is 5.69 Å². The predicted molar refractivity (Wildman–Crippen MR) is 124 cm³/mol. The maximum atomic E-state index is 13.2. The molecular formula is C23H23N3O8S. The summed E-state index contributed by atoms with van der Waals surface area (Å²) in [5, 5.41) is 22.1. The minimum absolute atomic E-state index is 0.264. The lowest BCUT2D eigenvalue weighted by Gasteiger charge is -2.22. The third-order valence-electron chi connectivity index (χ3n) is 5.98. The lowest BCUT2D eigenvalue weighted by molar-refractivity contribution is -0.387. The van der Waals surface area contributed by atoms with Crippen molar-refractivity contribution in [2.45, 2.75) is 36.8 Å². The van der Waals surface area contributed by atoms with Gasteiger partial charge < -0.3 is 14.8 Å². The number of aryl methyl sites for hydroxylation is 1. The Morgan fingerprint density at radius 1 is 1.23 bits per heavy atom. The number of hydrogen-bond acceptors (Lipinski definition) is 8. The number of ketones is 1. The molecule has 1 aliphatic heterocycles. The first kappa shape index (κ1) is 24.5. The molecule has 1 aromatic heterocycles. The van der Waals surface area contributed by atoms with Crippen LogP contribution in [0.15, 0.2) is 53.6 Å². The molecule has 2 heterocycles. The summed E-state index contributed by atoms with van der Waals surface area (Å²) in [6.45, 7) is 0.914. The molecule has 4 rings (SSSR count). The van der Waals surface area contributed by atoms with E-state index in [1.54, 1.807) is 6.07 Å².